The van der Waals surface area contributed by atoms with Gasteiger partial charge in [-0.05, 0) is 31.7 Å². The second kappa shape index (κ2) is 8.91. The summed E-state index contributed by atoms with van der Waals surface area (Å²) in [4.78, 5) is 26.9. The van der Waals surface area contributed by atoms with Gasteiger partial charge in [-0.2, -0.15) is 0 Å². The van der Waals surface area contributed by atoms with Crippen LogP contribution in [0.15, 0.2) is 0 Å². The van der Waals surface area contributed by atoms with Crippen molar-refractivity contribution in [3.8, 4) is 0 Å². The third-order valence-electron chi connectivity index (χ3n) is 3.16. The van der Waals surface area contributed by atoms with Gasteiger partial charge in [-0.15, -0.1) is 0 Å². The SMILES string of the molecule is CCN(CC(=O)N(C)C)C(=O)C[C@@H](CN)CC(C)C. The van der Waals surface area contributed by atoms with Gasteiger partial charge in [0.05, 0.1) is 6.54 Å². The Morgan fingerprint density at radius 3 is 2.11 bits per heavy atom. The van der Waals surface area contributed by atoms with E-state index in [1.165, 1.54) is 4.90 Å². The van der Waals surface area contributed by atoms with Crippen LogP contribution in [0, 0.1) is 11.8 Å². The molecular formula is C14H29N3O2. The molecular weight excluding hydrogens is 242 g/mol. The molecule has 2 N–H and O–H groups in total. The molecule has 0 saturated heterocycles. The molecule has 0 aromatic carbocycles. The van der Waals surface area contributed by atoms with E-state index in [1.54, 1.807) is 19.0 Å². The van der Waals surface area contributed by atoms with Crippen LogP contribution in [0.1, 0.15) is 33.6 Å². The highest BCUT2D eigenvalue weighted by atomic mass is 16.2. The fourth-order valence-electron chi connectivity index (χ4n) is 1.99. The summed E-state index contributed by atoms with van der Waals surface area (Å²) in [6.45, 7) is 7.36. The molecule has 2 amide bonds. The lowest BCUT2D eigenvalue weighted by Gasteiger charge is -2.25. The fourth-order valence-corrected chi connectivity index (χ4v) is 1.99. The van der Waals surface area contributed by atoms with E-state index in [4.69, 9.17) is 5.73 Å². The highest BCUT2D eigenvalue weighted by Gasteiger charge is 2.20. The van der Waals surface area contributed by atoms with E-state index in [1.807, 2.05) is 6.92 Å². The van der Waals surface area contributed by atoms with Gasteiger partial charge in [0.15, 0.2) is 0 Å². The number of carbonyl (C=O) groups is 2. The maximum absolute atomic E-state index is 12.2. The molecule has 0 saturated carbocycles. The molecule has 0 aromatic heterocycles. The van der Waals surface area contributed by atoms with Gasteiger partial charge in [-0.3, -0.25) is 9.59 Å². The lowest BCUT2D eigenvalue weighted by molar-refractivity contribution is -0.139. The fraction of sp³-hybridized carbons (Fsp3) is 0.857. The predicted molar refractivity (Wildman–Crippen MR) is 77.6 cm³/mol. The largest absolute Gasteiger partial charge is 0.347 e. The van der Waals surface area contributed by atoms with Crippen molar-refractivity contribution in [1.82, 2.24) is 9.80 Å². The van der Waals surface area contributed by atoms with Crippen molar-refractivity contribution in [2.75, 3.05) is 33.7 Å². The molecule has 0 fully saturated rings. The van der Waals surface area contributed by atoms with Crippen LogP contribution in [0.5, 0.6) is 0 Å². The number of likely N-dealkylation sites (N-methyl/N-ethyl adjacent to an activating group) is 2. The molecule has 0 unspecified atom stereocenters. The van der Waals surface area contributed by atoms with Crippen LogP contribution in [0.3, 0.4) is 0 Å². The van der Waals surface area contributed by atoms with Gasteiger partial charge >= 0.3 is 0 Å². The van der Waals surface area contributed by atoms with Crippen LogP contribution < -0.4 is 5.73 Å². The van der Waals surface area contributed by atoms with Gasteiger partial charge in [-0.25, -0.2) is 0 Å². The number of hydrogen-bond acceptors (Lipinski definition) is 3. The maximum atomic E-state index is 12.2. The van der Waals surface area contributed by atoms with Crippen LogP contribution >= 0.6 is 0 Å². The summed E-state index contributed by atoms with van der Waals surface area (Å²) in [5.41, 5.74) is 5.71. The van der Waals surface area contributed by atoms with Gasteiger partial charge in [0.2, 0.25) is 11.8 Å². The second-order valence-corrected chi connectivity index (χ2v) is 5.63. The molecule has 0 heterocycles. The highest BCUT2D eigenvalue weighted by Crippen LogP contribution is 2.15. The van der Waals surface area contributed by atoms with Crippen LogP contribution in [0.4, 0.5) is 0 Å². The normalized spacial score (nSPS) is 12.4. The minimum Gasteiger partial charge on any atom is -0.347 e. The standard InChI is InChI=1S/C14H29N3O2/c1-6-17(10-14(19)16(4)5)13(18)8-12(9-15)7-11(2)3/h11-12H,6-10,15H2,1-5H3/t12-/m0/s1. The Morgan fingerprint density at radius 2 is 1.74 bits per heavy atom. The molecule has 0 aliphatic rings. The Morgan fingerprint density at radius 1 is 1.16 bits per heavy atom. The molecule has 0 rings (SSSR count). The highest BCUT2D eigenvalue weighted by molar-refractivity contribution is 5.84. The number of hydrogen-bond donors (Lipinski definition) is 1. The van der Waals surface area contributed by atoms with Gasteiger partial charge in [0.1, 0.15) is 0 Å². The topological polar surface area (TPSA) is 66.6 Å². The molecule has 5 heteroatoms. The summed E-state index contributed by atoms with van der Waals surface area (Å²) in [7, 11) is 3.39. The molecule has 0 aliphatic heterocycles. The second-order valence-electron chi connectivity index (χ2n) is 5.63. The first-order valence-corrected chi connectivity index (χ1v) is 6.99. The summed E-state index contributed by atoms with van der Waals surface area (Å²) in [6, 6.07) is 0. The summed E-state index contributed by atoms with van der Waals surface area (Å²) in [6.07, 6.45) is 1.38. The Balaban J connectivity index is 4.45. The smallest absolute Gasteiger partial charge is 0.241 e. The van der Waals surface area contributed by atoms with Crippen LogP contribution in [-0.2, 0) is 9.59 Å². The van der Waals surface area contributed by atoms with E-state index in [2.05, 4.69) is 13.8 Å². The monoisotopic (exact) mass is 271 g/mol. The van der Waals surface area contributed by atoms with E-state index in [0.717, 1.165) is 6.42 Å². The zero-order valence-corrected chi connectivity index (χ0v) is 13.0. The summed E-state index contributed by atoms with van der Waals surface area (Å²) in [5, 5.41) is 0. The Kier molecular flexibility index (Phi) is 8.39. The third kappa shape index (κ3) is 7.15. The average Bonchev–Trinajstić information content (AvgIpc) is 2.33. The molecule has 0 radical (unpaired) electrons. The van der Waals surface area contributed by atoms with Crippen LogP contribution in [0.25, 0.3) is 0 Å². The maximum Gasteiger partial charge on any atom is 0.241 e. The Bertz CT molecular complexity index is 290. The quantitative estimate of drug-likeness (QED) is 0.714. The minimum absolute atomic E-state index is 0.0220. The zero-order valence-electron chi connectivity index (χ0n) is 13.0. The number of nitrogens with zero attached hydrogens (tertiary/aromatic N) is 2. The molecule has 19 heavy (non-hydrogen) atoms. The molecule has 5 nitrogen and oxygen atoms in total. The Labute approximate surface area is 117 Å². The average molecular weight is 271 g/mol. The molecule has 112 valence electrons. The van der Waals surface area contributed by atoms with Gasteiger partial charge in [-0.1, -0.05) is 13.8 Å². The third-order valence-corrected chi connectivity index (χ3v) is 3.16. The summed E-state index contributed by atoms with van der Waals surface area (Å²) in [5.74, 6) is 0.702. The van der Waals surface area contributed by atoms with Gasteiger partial charge in [0, 0.05) is 27.1 Å². The van der Waals surface area contributed by atoms with Gasteiger partial charge < -0.3 is 15.5 Å². The lowest BCUT2D eigenvalue weighted by atomic mass is 9.94. The van der Waals surface area contributed by atoms with Crippen molar-refractivity contribution in [2.24, 2.45) is 17.6 Å². The first kappa shape index (κ1) is 17.9. The van der Waals surface area contributed by atoms with E-state index >= 15 is 0 Å². The number of rotatable bonds is 8. The van der Waals surface area contributed by atoms with E-state index < -0.39 is 0 Å². The van der Waals surface area contributed by atoms with Crippen molar-refractivity contribution < 1.29 is 9.59 Å². The molecule has 0 aromatic rings. The predicted octanol–water partition coefficient (Wildman–Crippen LogP) is 0.934. The first-order chi connectivity index (χ1) is 8.81. The van der Waals surface area contributed by atoms with E-state index in [0.29, 0.717) is 25.4 Å². The number of carbonyl (C=O) groups excluding carboxylic acids is 2. The van der Waals surface area contributed by atoms with Crippen molar-refractivity contribution in [1.29, 1.82) is 0 Å². The molecule has 1 atom stereocenters. The number of nitrogens with two attached hydrogens (primary N) is 1. The van der Waals surface area contributed by atoms with Crippen molar-refractivity contribution in [3.05, 3.63) is 0 Å². The summed E-state index contributed by atoms with van der Waals surface area (Å²) >= 11 is 0. The van der Waals surface area contributed by atoms with Crippen molar-refractivity contribution in [3.63, 3.8) is 0 Å². The van der Waals surface area contributed by atoms with E-state index in [9.17, 15) is 9.59 Å². The van der Waals surface area contributed by atoms with Gasteiger partial charge in [0.25, 0.3) is 0 Å². The number of amides is 2. The Hall–Kier alpha value is -1.10. The molecule has 0 bridgehead atoms. The zero-order chi connectivity index (χ0) is 15.0. The first-order valence-electron chi connectivity index (χ1n) is 6.99. The van der Waals surface area contributed by atoms with Crippen molar-refractivity contribution >= 4 is 11.8 Å². The molecule has 0 spiro atoms. The molecule has 0 aliphatic carbocycles. The van der Waals surface area contributed by atoms with Crippen LogP contribution in [-0.4, -0.2) is 55.3 Å². The lowest BCUT2D eigenvalue weighted by Crippen LogP contribution is -2.41. The summed E-state index contributed by atoms with van der Waals surface area (Å²) < 4.78 is 0. The van der Waals surface area contributed by atoms with E-state index in [-0.39, 0.29) is 24.3 Å². The van der Waals surface area contributed by atoms with Crippen LogP contribution in [0.2, 0.25) is 0 Å². The minimum atomic E-state index is -0.0524. The van der Waals surface area contributed by atoms with Crippen molar-refractivity contribution in [2.45, 2.75) is 33.6 Å².